The summed E-state index contributed by atoms with van der Waals surface area (Å²) in [5.74, 6) is 1.88. The van der Waals surface area contributed by atoms with Gasteiger partial charge < -0.3 is 25.4 Å². The Kier molecular flexibility index (Phi) is 8.02. The molecule has 1 aliphatic heterocycles. The molecular weight excluding hydrogens is 455 g/mol. The number of anilines is 2. The molecule has 27 heavy (non-hydrogen) atoms. The van der Waals surface area contributed by atoms with Crippen molar-refractivity contribution in [2.45, 2.75) is 19.4 Å². The van der Waals surface area contributed by atoms with Crippen LogP contribution in [0, 0.1) is 0 Å². The van der Waals surface area contributed by atoms with Gasteiger partial charge in [-0.2, -0.15) is 0 Å². The number of hydrogen-bond donors (Lipinski definition) is 2. The van der Waals surface area contributed by atoms with E-state index in [2.05, 4.69) is 41.3 Å². The number of fused-ring (bicyclic) bond motifs is 1. The van der Waals surface area contributed by atoms with Crippen molar-refractivity contribution in [2.24, 2.45) is 10.7 Å². The molecule has 3 rings (SSSR count). The normalized spacial score (nSPS) is 14.5. The van der Waals surface area contributed by atoms with Crippen LogP contribution in [0.1, 0.15) is 13.3 Å². The van der Waals surface area contributed by atoms with Gasteiger partial charge in [-0.3, -0.25) is 4.99 Å². The van der Waals surface area contributed by atoms with Gasteiger partial charge in [0.1, 0.15) is 0 Å². The molecule has 0 fully saturated rings. The highest BCUT2D eigenvalue weighted by Crippen LogP contribution is 2.32. The standard InChI is InChI=1S/C20H26N4O2.HI/c1-15(24(2)17-7-4-3-5-8-17)14-22-20(21)23-16-9-10-18-19(13-16)26-12-6-11-25-18;/h3-5,7-10,13,15H,6,11-12,14H2,1-2H3,(H3,21,22,23);1H. The lowest BCUT2D eigenvalue weighted by atomic mass is 10.2. The zero-order valence-electron chi connectivity index (χ0n) is 15.7. The minimum Gasteiger partial charge on any atom is -0.490 e. The van der Waals surface area contributed by atoms with Crippen molar-refractivity contribution >= 4 is 41.3 Å². The van der Waals surface area contributed by atoms with Crippen LogP contribution in [0.3, 0.4) is 0 Å². The van der Waals surface area contributed by atoms with Crippen LogP contribution in [-0.4, -0.2) is 38.8 Å². The van der Waals surface area contributed by atoms with Crippen molar-refractivity contribution in [3.05, 3.63) is 48.5 Å². The van der Waals surface area contributed by atoms with E-state index in [1.54, 1.807) is 0 Å². The maximum absolute atomic E-state index is 6.05. The molecule has 2 aromatic rings. The van der Waals surface area contributed by atoms with Crippen molar-refractivity contribution in [3.63, 3.8) is 0 Å². The van der Waals surface area contributed by atoms with E-state index < -0.39 is 0 Å². The molecular formula is C20H27IN4O2. The van der Waals surface area contributed by atoms with Crippen LogP contribution in [0.15, 0.2) is 53.5 Å². The molecule has 3 N–H and O–H groups in total. The number of halogens is 1. The van der Waals surface area contributed by atoms with Gasteiger partial charge in [-0.05, 0) is 31.2 Å². The molecule has 2 aromatic carbocycles. The summed E-state index contributed by atoms with van der Waals surface area (Å²) in [5, 5.41) is 3.12. The van der Waals surface area contributed by atoms with Gasteiger partial charge in [0.15, 0.2) is 17.5 Å². The topological polar surface area (TPSA) is 72.1 Å². The van der Waals surface area contributed by atoms with Crippen molar-refractivity contribution in [3.8, 4) is 11.5 Å². The van der Waals surface area contributed by atoms with E-state index in [9.17, 15) is 0 Å². The second-order valence-corrected chi connectivity index (χ2v) is 6.36. The second kappa shape index (κ2) is 10.2. The summed E-state index contributed by atoms with van der Waals surface area (Å²) in [6, 6.07) is 16.2. The molecule has 1 heterocycles. The number of benzene rings is 2. The van der Waals surface area contributed by atoms with Crippen molar-refractivity contribution in [1.82, 2.24) is 0 Å². The van der Waals surface area contributed by atoms with Crippen molar-refractivity contribution in [1.29, 1.82) is 0 Å². The Morgan fingerprint density at radius 2 is 1.85 bits per heavy atom. The number of rotatable bonds is 5. The fourth-order valence-corrected chi connectivity index (χ4v) is 2.70. The molecule has 7 heteroatoms. The first kappa shape index (κ1) is 21.1. The Balaban J connectivity index is 0.00000261. The van der Waals surface area contributed by atoms with Crippen LogP contribution < -0.4 is 25.4 Å². The average Bonchev–Trinajstić information content (AvgIpc) is 2.91. The molecule has 0 amide bonds. The molecule has 146 valence electrons. The van der Waals surface area contributed by atoms with Gasteiger partial charge in [0.05, 0.1) is 19.8 Å². The Morgan fingerprint density at radius 3 is 2.59 bits per heavy atom. The maximum atomic E-state index is 6.05. The van der Waals surface area contributed by atoms with Gasteiger partial charge in [0.25, 0.3) is 0 Å². The van der Waals surface area contributed by atoms with Crippen molar-refractivity contribution < 1.29 is 9.47 Å². The number of ether oxygens (including phenoxy) is 2. The first-order chi connectivity index (χ1) is 12.6. The SMILES string of the molecule is CC(CN=C(N)Nc1ccc2c(c1)OCCCO2)N(C)c1ccccc1.I. The minimum atomic E-state index is 0. The zero-order valence-corrected chi connectivity index (χ0v) is 18.1. The van der Waals surface area contributed by atoms with E-state index in [0.29, 0.717) is 25.7 Å². The van der Waals surface area contributed by atoms with E-state index >= 15 is 0 Å². The smallest absolute Gasteiger partial charge is 0.193 e. The molecule has 0 saturated carbocycles. The first-order valence-corrected chi connectivity index (χ1v) is 8.88. The van der Waals surface area contributed by atoms with Crippen LogP contribution in [0.25, 0.3) is 0 Å². The van der Waals surface area contributed by atoms with Crippen LogP contribution >= 0.6 is 24.0 Å². The van der Waals surface area contributed by atoms with Gasteiger partial charge in [-0.1, -0.05) is 18.2 Å². The quantitative estimate of drug-likeness (QED) is 0.386. The number of guanidine groups is 1. The highest BCUT2D eigenvalue weighted by atomic mass is 127. The van der Waals surface area contributed by atoms with Crippen LogP contribution in [0.5, 0.6) is 11.5 Å². The Bertz CT molecular complexity index is 755. The molecule has 1 atom stereocenters. The van der Waals surface area contributed by atoms with Crippen LogP contribution in [-0.2, 0) is 0 Å². The van der Waals surface area contributed by atoms with Gasteiger partial charge in [-0.15, -0.1) is 24.0 Å². The number of nitrogens with two attached hydrogens (primary N) is 1. The molecule has 0 bridgehead atoms. The minimum absolute atomic E-state index is 0. The third-order valence-corrected chi connectivity index (χ3v) is 4.37. The largest absolute Gasteiger partial charge is 0.490 e. The predicted molar refractivity (Wildman–Crippen MR) is 122 cm³/mol. The average molecular weight is 482 g/mol. The zero-order chi connectivity index (χ0) is 18.4. The van der Waals surface area contributed by atoms with Crippen molar-refractivity contribution in [2.75, 3.05) is 37.0 Å². The second-order valence-electron chi connectivity index (χ2n) is 6.36. The molecule has 0 aromatic heterocycles. The molecule has 0 radical (unpaired) electrons. The Morgan fingerprint density at radius 1 is 1.15 bits per heavy atom. The third-order valence-electron chi connectivity index (χ3n) is 4.37. The molecule has 6 nitrogen and oxygen atoms in total. The summed E-state index contributed by atoms with van der Waals surface area (Å²) in [5.41, 5.74) is 8.04. The molecule has 0 saturated heterocycles. The van der Waals surface area contributed by atoms with Crippen LogP contribution in [0.2, 0.25) is 0 Å². The fourth-order valence-electron chi connectivity index (χ4n) is 2.70. The number of likely N-dealkylation sites (N-methyl/N-ethyl adjacent to an activating group) is 1. The Hall–Kier alpha value is -2.16. The van der Waals surface area contributed by atoms with E-state index in [1.165, 1.54) is 0 Å². The lowest BCUT2D eigenvalue weighted by Gasteiger charge is -2.25. The first-order valence-electron chi connectivity index (χ1n) is 8.88. The van der Waals surface area contributed by atoms with Crippen LogP contribution in [0.4, 0.5) is 11.4 Å². The fraction of sp³-hybridized carbons (Fsp3) is 0.350. The lowest BCUT2D eigenvalue weighted by Crippen LogP contribution is -2.33. The van der Waals surface area contributed by atoms with E-state index in [1.807, 2.05) is 36.4 Å². The lowest BCUT2D eigenvalue weighted by molar-refractivity contribution is 0.297. The molecule has 0 spiro atoms. The predicted octanol–water partition coefficient (Wildman–Crippen LogP) is 3.72. The number of para-hydroxylation sites is 1. The van der Waals surface area contributed by atoms with E-state index in [0.717, 1.165) is 29.3 Å². The number of aliphatic imine (C=N–C) groups is 1. The molecule has 1 aliphatic rings. The summed E-state index contributed by atoms with van der Waals surface area (Å²) >= 11 is 0. The molecule has 0 aliphatic carbocycles. The Labute approximate surface area is 177 Å². The van der Waals surface area contributed by atoms with E-state index in [-0.39, 0.29) is 30.0 Å². The van der Waals surface area contributed by atoms with Gasteiger partial charge in [0, 0.05) is 37.0 Å². The van der Waals surface area contributed by atoms with E-state index in [4.69, 9.17) is 15.2 Å². The summed E-state index contributed by atoms with van der Waals surface area (Å²) in [6.45, 7) is 4.05. The number of nitrogens with one attached hydrogen (secondary N) is 1. The third kappa shape index (κ3) is 5.92. The number of hydrogen-bond acceptors (Lipinski definition) is 4. The summed E-state index contributed by atoms with van der Waals surface area (Å²) in [6.07, 6.45) is 0.883. The molecule has 1 unspecified atom stereocenters. The highest BCUT2D eigenvalue weighted by Gasteiger charge is 2.12. The maximum Gasteiger partial charge on any atom is 0.193 e. The summed E-state index contributed by atoms with van der Waals surface area (Å²) < 4.78 is 11.3. The number of nitrogens with zero attached hydrogens (tertiary/aromatic N) is 2. The monoisotopic (exact) mass is 482 g/mol. The van der Waals surface area contributed by atoms with Gasteiger partial charge >= 0.3 is 0 Å². The summed E-state index contributed by atoms with van der Waals surface area (Å²) in [4.78, 5) is 6.65. The summed E-state index contributed by atoms with van der Waals surface area (Å²) in [7, 11) is 2.06. The highest BCUT2D eigenvalue weighted by molar-refractivity contribution is 14.0. The van der Waals surface area contributed by atoms with Gasteiger partial charge in [-0.25, -0.2) is 0 Å². The van der Waals surface area contributed by atoms with Gasteiger partial charge in [0.2, 0.25) is 0 Å².